The van der Waals surface area contributed by atoms with E-state index >= 15 is 0 Å². The summed E-state index contributed by atoms with van der Waals surface area (Å²) in [5.74, 6) is 0.728. The maximum absolute atomic E-state index is 5.60. The molecule has 1 aliphatic rings. The minimum absolute atomic E-state index is 0.691. The first-order chi connectivity index (χ1) is 9.19. The van der Waals surface area contributed by atoms with Gasteiger partial charge in [-0.05, 0) is 25.2 Å². The van der Waals surface area contributed by atoms with Crippen molar-refractivity contribution >= 4 is 0 Å². The molecule has 1 aliphatic heterocycles. The van der Waals surface area contributed by atoms with E-state index in [1.807, 2.05) is 0 Å². The van der Waals surface area contributed by atoms with Crippen LogP contribution in [-0.4, -0.2) is 49.8 Å². The van der Waals surface area contributed by atoms with Crippen LogP contribution in [0.25, 0.3) is 0 Å². The second kappa shape index (κ2) is 9.73. The minimum atomic E-state index is 0.691. The van der Waals surface area contributed by atoms with E-state index in [0.717, 1.165) is 32.1 Å². The number of piperazine rings is 1. The quantitative estimate of drug-likeness (QED) is 0.652. The molecular formula is C16H34N2O. The highest BCUT2D eigenvalue weighted by atomic mass is 16.5. The van der Waals surface area contributed by atoms with E-state index in [4.69, 9.17) is 4.74 Å². The maximum atomic E-state index is 5.60. The van der Waals surface area contributed by atoms with Gasteiger partial charge in [0.05, 0.1) is 0 Å². The fraction of sp³-hybridized carbons (Fsp3) is 1.00. The van der Waals surface area contributed by atoms with Gasteiger partial charge in [0, 0.05) is 44.9 Å². The second-order valence-electron chi connectivity index (χ2n) is 6.17. The molecule has 0 aromatic heterocycles. The number of hydrogen-bond donors (Lipinski definition) is 1. The summed E-state index contributed by atoms with van der Waals surface area (Å²) in [7, 11) is 0. The van der Waals surface area contributed by atoms with Gasteiger partial charge in [0.15, 0.2) is 0 Å². The Balaban J connectivity index is 2.34. The number of nitrogens with zero attached hydrogens (tertiary/aromatic N) is 1. The molecule has 0 aliphatic carbocycles. The summed E-state index contributed by atoms with van der Waals surface area (Å²) < 4.78 is 5.60. The molecule has 2 unspecified atom stereocenters. The standard InChI is InChI=1S/C16H34N2O/c1-5-8-15-13-18(9-7-11-19-10-6-2)16(12-17-15)14(3)4/h14-17H,5-13H2,1-4H3. The zero-order chi connectivity index (χ0) is 14.1. The molecule has 1 fully saturated rings. The van der Waals surface area contributed by atoms with Gasteiger partial charge in [-0.25, -0.2) is 0 Å². The van der Waals surface area contributed by atoms with Gasteiger partial charge < -0.3 is 10.1 Å². The zero-order valence-electron chi connectivity index (χ0n) is 13.5. The highest BCUT2D eigenvalue weighted by molar-refractivity contribution is 4.87. The molecule has 3 heteroatoms. The molecule has 0 radical (unpaired) electrons. The summed E-state index contributed by atoms with van der Waals surface area (Å²) in [6.07, 6.45) is 4.87. The zero-order valence-corrected chi connectivity index (χ0v) is 13.5. The summed E-state index contributed by atoms with van der Waals surface area (Å²) in [5, 5.41) is 3.72. The Kier molecular flexibility index (Phi) is 8.67. The molecule has 2 atom stereocenters. The van der Waals surface area contributed by atoms with Crippen LogP contribution in [-0.2, 0) is 4.74 Å². The van der Waals surface area contributed by atoms with Crippen molar-refractivity contribution < 1.29 is 4.74 Å². The van der Waals surface area contributed by atoms with E-state index in [9.17, 15) is 0 Å². The van der Waals surface area contributed by atoms with Crippen LogP contribution < -0.4 is 5.32 Å². The van der Waals surface area contributed by atoms with Crippen LogP contribution >= 0.6 is 0 Å². The van der Waals surface area contributed by atoms with Gasteiger partial charge in [-0.3, -0.25) is 4.90 Å². The molecule has 0 bridgehead atoms. The predicted molar refractivity (Wildman–Crippen MR) is 82.6 cm³/mol. The normalized spacial score (nSPS) is 25.1. The van der Waals surface area contributed by atoms with Crippen LogP contribution in [0, 0.1) is 5.92 Å². The van der Waals surface area contributed by atoms with Gasteiger partial charge in [0.25, 0.3) is 0 Å². The van der Waals surface area contributed by atoms with E-state index in [-0.39, 0.29) is 0 Å². The third kappa shape index (κ3) is 6.24. The smallest absolute Gasteiger partial charge is 0.0478 e. The lowest BCUT2D eigenvalue weighted by Crippen LogP contribution is -2.58. The van der Waals surface area contributed by atoms with E-state index in [1.54, 1.807) is 0 Å². The molecule has 0 saturated carbocycles. The van der Waals surface area contributed by atoms with Crippen molar-refractivity contribution in [1.29, 1.82) is 0 Å². The molecule has 3 nitrogen and oxygen atoms in total. The molecule has 1 rings (SSSR count). The lowest BCUT2D eigenvalue weighted by molar-refractivity contribution is 0.0735. The third-order valence-corrected chi connectivity index (χ3v) is 4.03. The summed E-state index contributed by atoms with van der Waals surface area (Å²) in [6.45, 7) is 14.5. The van der Waals surface area contributed by atoms with Crippen molar-refractivity contribution in [2.24, 2.45) is 5.92 Å². The fourth-order valence-electron chi connectivity index (χ4n) is 2.97. The van der Waals surface area contributed by atoms with Crippen molar-refractivity contribution in [3.8, 4) is 0 Å². The topological polar surface area (TPSA) is 24.5 Å². The average molecular weight is 270 g/mol. The van der Waals surface area contributed by atoms with E-state index < -0.39 is 0 Å². The molecule has 19 heavy (non-hydrogen) atoms. The molecule has 0 aromatic rings. The minimum Gasteiger partial charge on any atom is -0.381 e. The van der Waals surface area contributed by atoms with Crippen molar-refractivity contribution in [2.45, 2.75) is 65.5 Å². The van der Waals surface area contributed by atoms with Gasteiger partial charge in [-0.1, -0.05) is 34.1 Å². The number of ether oxygens (including phenoxy) is 1. The van der Waals surface area contributed by atoms with Crippen LogP contribution in [0.5, 0.6) is 0 Å². The Morgan fingerprint density at radius 1 is 1.21 bits per heavy atom. The fourth-order valence-corrected chi connectivity index (χ4v) is 2.97. The molecule has 0 amide bonds. The second-order valence-corrected chi connectivity index (χ2v) is 6.17. The van der Waals surface area contributed by atoms with Crippen LogP contribution in [0.2, 0.25) is 0 Å². The molecule has 114 valence electrons. The lowest BCUT2D eigenvalue weighted by Gasteiger charge is -2.42. The highest BCUT2D eigenvalue weighted by Gasteiger charge is 2.28. The van der Waals surface area contributed by atoms with Crippen LogP contribution in [0.4, 0.5) is 0 Å². The van der Waals surface area contributed by atoms with Gasteiger partial charge in [0.2, 0.25) is 0 Å². The lowest BCUT2D eigenvalue weighted by atomic mass is 9.97. The number of nitrogens with one attached hydrogen (secondary N) is 1. The summed E-state index contributed by atoms with van der Waals surface area (Å²) >= 11 is 0. The largest absolute Gasteiger partial charge is 0.381 e. The summed E-state index contributed by atoms with van der Waals surface area (Å²) in [6, 6.07) is 1.39. The Morgan fingerprint density at radius 2 is 2.00 bits per heavy atom. The van der Waals surface area contributed by atoms with Gasteiger partial charge in [0.1, 0.15) is 0 Å². The molecule has 1 heterocycles. The van der Waals surface area contributed by atoms with Gasteiger partial charge in [-0.2, -0.15) is 0 Å². The van der Waals surface area contributed by atoms with Crippen molar-refractivity contribution in [1.82, 2.24) is 10.2 Å². The van der Waals surface area contributed by atoms with Crippen LogP contribution in [0.1, 0.15) is 53.4 Å². The summed E-state index contributed by atoms with van der Waals surface area (Å²) in [4.78, 5) is 2.69. The van der Waals surface area contributed by atoms with Crippen LogP contribution in [0.3, 0.4) is 0 Å². The number of rotatable bonds is 9. The average Bonchev–Trinajstić information content (AvgIpc) is 2.39. The van der Waals surface area contributed by atoms with Crippen molar-refractivity contribution in [3.05, 3.63) is 0 Å². The van der Waals surface area contributed by atoms with E-state index in [2.05, 4.69) is 37.9 Å². The Morgan fingerprint density at radius 3 is 2.63 bits per heavy atom. The molecule has 1 N–H and O–H groups in total. The highest BCUT2D eigenvalue weighted by Crippen LogP contribution is 2.17. The Hall–Kier alpha value is -0.120. The number of hydrogen-bond acceptors (Lipinski definition) is 3. The van der Waals surface area contributed by atoms with Crippen molar-refractivity contribution in [3.63, 3.8) is 0 Å². The van der Waals surface area contributed by atoms with Gasteiger partial charge >= 0.3 is 0 Å². The Bertz CT molecular complexity index is 221. The first-order valence-corrected chi connectivity index (χ1v) is 8.24. The molecular weight excluding hydrogens is 236 g/mol. The van der Waals surface area contributed by atoms with E-state index in [1.165, 1.54) is 32.4 Å². The summed E-state index contributed by atoms with van der Waals surface area (Å²) in [5.41, 5.74) is 0. The van der Waals surface area contributed by atoms with Gasteiger partial charge in [-0.15, -0.1) is 0 Å². The first kappa shape index (κ1) is 16.9. The third-order valence-electron chi connectivity index (χ3n) is 4.03. The molecule has 0 aromatic carbocycles. The van der Waals surface area contributed by atoms with Crippen molar-refractivity contribution in [2.75, 3.05) is 32.8 Å². The monoisotopic (exact) mass is 270 g/mol. The maximum Gasteiger partial charge on any atom is 0.0478 e. The SMILES string of the molecule is CCCOCCCN1CC(CCC)NCC1C(C)C. The molecule has 0 spiro atoms. The van der Waals surface area contributed by atoms with Crippen LogP contribution in [0.15, 0.2) is 0 Å². The molecule has 1 saturated heterocycles. The van der Waals surface area contributed by atoms with E-state index in [0.29, 0.717) is 12.1 Å². The first-order valence-electron chi connectivity index (χ1n) is 8.24. The predicted octanol–water partition coefficient (Wildman–Crippen LogP) is 2.90. The Labute approximate surface area is 120 Å².